The van der Waals surface area contributed by atoms with Crippen molar-refractivity contribution in [3.63, 3.8) is 0 Å². The van der Waals surface area contributed by atoms with Gasteiger partial charge < -0.3 is 5.32 Å². The van der Waals surface area contributed by atoms with E-state index in [0.717, 1.165) is 12.8 Å². The first-order valence-corrected chi connectivity index (χ1v) is 4.91. The van der Waals surface area contributed by atoms with E-state index >= 15 is 0 Å². The van der Waals surface area contributed by atoms with Crippen LogP contribution in [0.15, 0.2) is 9.66 Å². The lowest BCUT2D eigenvalue weighted by molar-refractivity contribution is -0.120. The van der Waals surface area contributed by atoms with Crippen molar-refractivity contribution in [3.05, 3.63) is 9.66 Å². The van der Waals surface area contributed by atoms with E-state index in [2.05, 4.69) is 38.9 Å². The van der Waals surface area contributed by atoms with Crippen LogP contribution in [0.25, 0.3) is 0 Å². The molecule has 1 rings (SSSR count). The summed E-state index contributed by atoms with van der Waals surface area (Å²) < 4.78 is 2.07. The summed E-state index contributed by atoms with van der Waals surface area (Å²) in [5.41, 5.74) is 1.31. The van der Waals surface area contributed by atoms with Gasteiger partial charge in [-0.3, -0.25) is 4.79 Å². The molecule has 1 fully saturated rings. The zero-order valence-corrected chi connectivity index (χ0v) is 8.94. The zero-order chi connectivity index (χ0) is 8.48. The van der Waals surface area contributed by atoms with Gasteiger partial charge in [-0.05, 0) is 29.4 Å². The summed E-state index contributed by atoms with van der Waals surface area (Å²) in [6.45, 7) is 3.64. The van der Waals surface area contributed by atoms with E-state index in [1.807, 2.05) is 0 Å². The van der Waals surface area contributed by atoms with Gasteiger partial charge in [-0.15, -0.1) is 0 Å². The summed E-state index contributed by atoms with van der Waals surface area (Å²) in [5.74, 6) is 0.0583. The number of nitrogens with one attached hydrogen (secondary N) is 1. The molecule has 0 spiro atoms. The molecule has 1 aliphatic rings. The second-order valence-electron chi connectivity index (χ2n) is 3.15. The van der Waals surface area contributed by atoms with Crippen molar-refractivity contribution < 1.29 is 4.79 Å². The second kappa shape index (κ2) is 3.13. The molecule has 0 heterocycles. The molecular weight excluding hydrogens is 253 g/mol. The monoisotopic (exact) mass is 265 g/mol. The SMILES string of the molecule is CC(=O)N[C@@]1(C)CCC1=CI. The Morgan fingerprint density at radius 2 is 2.45 bits per heavy atom. The van der Waals surface area contributed by atoms with Gasteiger partial charge in [-0.1, -0.05) is 22.6 Å². The number of hydrogen-bond donors (Lipinski definition) is 1. The molecule has 1 amide bonds. The molecule has 0 aromatic carbocycles. The van der Waals surface area contributed by atoms with E-state index in [1.54, 1.807) is 6.92 Å². The van der Waals surface area contributed by atoms with Gasteiger partial charge in [0.25, 0.3) is 0 Å². The molecule has 2 nitrogen and oxygen atoms in total. The van der Waals surface area contributed by atoms with Crippen molar-refractivity contribution in [1.29, 1.82) is 0 Å². The lowest BCUT2D eigenvalue weighted by Crippen LogP contribution is -2.52. The molecule has 0 aliphatic heterocycles. The maximum absolute atomic E-state index is 10.8. The highest BCUT2D eigenvalue weighted by atomic mass is 127. The van der Waals surface area contributed by atoms with Gasteiger partial charge in [-0.25, -0.2) is 0 Å². The number of carbonyl (C=O) groups is 1. The van der Waals surface area contributed by atoms with Crippen LogP contribution in [0.1, 0.15) is 26.7 Å². The smallest absolute Gasteiger partial charge is 0.217 e. The number of rotatable bonds is 1. The maximum Gasteiger partial charge on any atom is 0.217 e. The topological polar surface area (TPSA) is 29.1 Å². The standard InChI is InChI=1S/C8H12INO/c1-6(11)10-8(2)4-3-7(8)5-9/h5H,3-4H2,1-2H3,(H,10,11)/t8-/m0/s1. The highest BCUT2D eigenvalue weighted by molar-refractivity contribution is 14.1. The normalized spacial score (nSPS) is 33.2. The van der Waals surface area contributed by atoms with Gasteiger partial charge in [-0.2, -0.15) is 0 Å². The third-order valence-corrected chi connectivity index (χ3v) is 2.94. The van der Waals surface area contributed by atoms with Gasteiger partial charge >= 0.3 is 0 Å². The molecule has 62 valence electrons. The van der Waals surface area contributed by atoms with E-state index in [0.29, 0.717) is 0 Å². The maximum atomic E-state index is 10.8. The first-order chi connectivity index (χ1) is 5.08. The summed E-state index contributed by atoms with van der Waals surface area (Å²) in [7, 11) is 0. The fourth-order valence-corrected chi connectivity index (χ4v) is 2.35. The number of halogens is 1. The van der Waals surface area contributed by atoms with E-state index in [-0.39, 0.29) is 11.4 Å². The molecule has 0 radical (unpaired) electrons. The van der Waals surface area contributed by atoms with Crippen LogP contribution in [0.4, 0.5) is 0 Å². The Bertz CT molecular complexity index is 212. The van der Waals surface area contributed by atoms with Gasteiger partial charge in [0.2, 0.25) is 5.91 Å². The highest BCUT2D eigenvalue weighted by Crippen LogP contribution is 2.38. The fourth-order valence-electron chi connectivity index (χ4n) is 1.35. The summed E-state index contributed by atoms with van der Waals surface area (Å²) >= 11 is 2.22. The minimum atomic E-state index is -0.0347. The van der Waals surface area contributed by atoms with Crippen LogP contribution < -0.4 is 5.32 Å². The van der Waals surface area contributed by atoms with Crippen LogP contribution in [0.3, 0.4) is 0 Å². The molecule has 0 aromatic heterocycles. The molecule has 11 heavy (non-hydrogen) atoms. The van der Waals surface area contributed by atoms with Gasteiger partial charge in [0.15, 0.2) is 0 Å². The lowest BCUT2D eigenvalue weighted by Gasteiger charge is -2.41. The van der Waals surface area contributed by atoms with Crippen LogP contribution in [0.2, 0.25) is 0 Å². The van der Waals surface area contributed by atoms with Crippen molar-refractivity contribution in [3.8, 4) is 0 Å². The van der Waals surface area contributed by atoms with E-state index < -0.39 is 0 Å². The Balaban J connectivity index is 2.61. The van der Waals surface area contributed by atoms with Crippen LogP contribution in [-0.4, -0.2) is 11.4 Å². The summed E-state index contributed by atoms with van der Waals surface area (Å²) in [6.07, 6.45) is 2.20. The number of hydrogen-bond acceptors (Lipinski definition) is 1. The zero-order valence-electron chi connectivity index (χ0n) is 6.78. The predicted molar refractivity (Wildman–Crippen MR) is 53.6 cm³/mol. The Labute approximate surface area is 80.6 Å². The van der Waals surface area contributed by atoms with E-state index in [9.17, 15) is 4.79 Å². The summed E-state index contributed by atoms with van der Waals surface area (Å²) in [5, 5.41) is 2.94. The molecule has 0 unspecified atom stereocenters. The summed E-state index contributed by atoms with van der Waals surface area (Å²) in [4.78, 5) is 10.8. The highest BCUT2D eigenvalue weighted by Gasteiger charge is 2.37. The van der Waals surface area contributed by atoms with E-state index in [1.165, 1.54) is 5.57 Å². The molecule has 1 aliphatic carbocycles. The number of amides is 1. The third-order valence-electron chi connectivity index (χ3n) is 2.19. The van der Waals surface area contributed by atoms with Crippen molar-refractivity contribution in [2.24, 2.45) is 0 Å². The molecule has 1 N–H and O–H groups in total. The van der Waals surface area contributed by atoms with Crippen molar-refractivity contribution in [1.82, 2.24) is 5.32 Å². The van der Waals surface area contributed by atoms with Gasteiger partial charge in [0.05, 0.1) is 5.54 Å². The van der Waals surface area contributed by atoms with Crippen molar-refractivity contribution in [2.75, 3.05) is 0 Å². The Morgan fingerprint density at radius 1 is 1.82 bits per heavy atom. The predicted octanol–water partition coefficient (Wildman–Crippen LogP) is 1.99. The van der Waals surface area contributed by atoms with Crippen LogP contribution in [-0.2, 0) is 4.79 Å². The lowest BCUT2D eigenvalue weighted by atomic mass is 9.74. The molecule has 1 atom stereocenters. The molecule has 0 bridgehead atoms. The average molecular weight is 265 g/mol. The molecule has 1 saturated carbocycles. The molecule has 3 heteroatoms. The average Bonchev–Trinajstić information content (AvgIpc) is 1.85. The Morgan fingerprint density at radius 3 is 2.73 bits per heavy atom. The molecule has 0 aromatic rings. The minimum absolute atomic E-state index is 0.0347. The number of carbonyl (C=O) groups excluding carboxylic acids is 1. The van der Waals surface area contributed by atoms with Crippen LogP contribution in [0, 0.1) is 0 Å². The van der Waals surface area contributed by atoms with Crippen LogP contribution >= 0.6 is 22.6 Å². The molecular formula is C8H12INO. The molecule has 0 saturated heterocycles. The Hall–Kier alpha value is -0.0600. The first-order valence-electron chi connectivity index (χ1n) is 3.67. The third kappa shape index (κ3) is 1.75. The van der Waals surface area contributed by atoms with Crippen molar-refractivity contribution >= 4 is 28.5 Å². The summed E-state index contributed by atoms with van der Waals surface area (Å²) in [6, 6.07) is 0. The largest absolute Gasteiger partial charge is 0.347 e. The fraction of sp³-hybridized carbons (Fsp3) is 0.625. The van der Waals surface area contributed by atoms with E-state index in [4.69, 9.17) is 0 Å². The van der Waals surface area contributed by atoms with Gasteiger partial charge in [0.1, 0.15) is 0 Å². The first kappa shape index (κ1) is 9.03. The van der Waals surface area contributed by atoms with Gasteiger partial charge in [0, 0.05) is 6.92 Å². The second-order valence-corrected chi connectivity index (χ2v) is 3.77. The Kier molecular flexibility index (Phi) is 2.57. The minimum Gasteiger partial charge on any atom is -0.347 e. The van der Waals surface area contributed by atoms with Crippen molar-refractivity contribution in [2.45, 2.75) is 32.2 Å². The van der Waals surface area contributed by atoms with Crippen LogP contribution in [0.5, 0.6) is 0 Å². The quantitative estimate of drug-likeness (QED) is 0.722.